The first kappa shape index (κ1) is 29.9. The molecule has 6 rings (SSSR count). The van der Waals surface area contributed by atoms with E-state index < -0.39 is 0 Å². The molecule has 0 aromatic heterocycles. The molecule has 2 N–H and O–H groups in total. The van der Waals surface area contributed by atoms with Gasteiger partial charge in [-0.1, -0.05) is 134 Å². The van der Waals surface area contributed by atoms with Crippen LogP contribution in [-0.2, 0) is 15.6 Å². The second-order valence-electron chi connectivity index (χ2n) is 11.6. The molecule has 0 heterocycles. The summed E-state index contributed by atoms with van der Waals surface area (Å²) in [5.74, 6) is 0.402. The summed E-state index contributed by atoms with van der Waals surface area (Å²) in [6, 6.07) is 37.4. The fourth-order valence-electron chi connectivity index (χ4n) is 6.08. The Balaban J connectivity index is 1.07. The first-order valence-corrected chi connectivity index (χ1v) is 15.6. The minimum Gasteiger partial charge on any atom is -0.380 e. The third kappa shape index (κ3) is 6.69. The zero-order chi connectivity index (χ0) is 31.0. The van der Waals surface area contributed by atoms with Crippen LogP contribution in [0, 0.1) is 11.8 Å². The van der Waals surface area contributed by atoms with Gasteiger partial charge in [0.1, 0.15) is 0 Å². The average molecular weight is 589 g/mol. The predicted molar refractivity (Wildman–Crippen MR) is 190 cm³/mol. The fraction of sp³-hybridized carbons (Fsp3) is 0.143. The molecule has 0 amide bonds. The zero-order valence-electron chi connectivity index (χ0n) is 25.6. The lowest BCUT2D eigenvalue weighted by Gasteiger charge is -2.31. The highest BCUT2D eigenvalue weighted by atomic mass is 16.5. The lowest BCUT2D eigenvalue weighted by molar-refractivity contribution is 0.111. The number of anilines is 4. The molecule has 4 aromatic carbocycles. The van der Waals surface area contributed by atoms with E-state index in [1.165, 1.54) is 11.1 Å². The summed E-state index contributed by atoms with van der Waals surface area (Å²) in [7, 11) is 0. The van der Waals surface area contributed by atoms with Gasteiger partial charge in [-0.3, -0.25) is 0 Å². The van der Waals surface area contributed by atoms with Crippen LogP contribution in [0.1, 0.15) is 11.1 Å². The highest BCUT2D eigenvalue weighted by Gasteiger charge is 2.30. The molecule has 0 atom stereocenters. The molecule has 0 spiro atoms. The summed E-state index contributed by atoms with van der Waals surface area (Å²) < 4.78 is 6.25. The largest absolute Gasteiger partial charge is 0.380 e. The van der Waals surface area contributed by atoms with Crippen molar-refractivity contribution in [2.75, 3.05) is 23.8 Å². The normalized spacial score (nSPS) is 23.4. The van der Waals surface area contributed by atoms with Gasteiger partial charge < -0.3 is 15.4 Å². The maximum atomic E-state index is 6.25. The molecule has 224 valence electrons. The number of allylic oxidation sites excluding steroid dienone is 6. The molecule has 3 heteroatoms. The van der Waals surface area contributed by atoms with Crippen molar-refractivity contribution in [1.29, 1.82) is 0 Å². The van der Waals surface area contributed by atoms with E-state index in [9.17, 15) is 0 Å². The summed E-state index contributed by atoms with van der Waals surface area (Å²) in [5, 5.41) is 7.16. The lowest BCUT2D eigenvalue weighted by Crippen LogP contribution is -2.24. The Kier molecular flexibility index (Phi) is 9.09. The maximum absolute atomic E-state index is 6.25. The highest BCUT2D eigenvalue weighted by molar-refractivity contribution is 5.69. The van der Waals surface area contributed by atoms with Crippen molar-refractivity contribution in [3.05, 3.63) is 194 Å². The first-order valence-electron chi connectivity index (χ1n) is 15.6. The highest BCUT2D eigenvalue weighted by Crippen LogP contribution is 2.40. The van der Waals surface area contributed by atoms with E-state index in [-0.39, 0.29) is 22.7 Å². The van der Waals surface area contributed by atoms with Crippen molar-refractivity contribution in [2.24, 2.45) is 11.8 Å². The predicted octanol–water partition coefficient (Wildman–Crippen LogP) is 10.2. The van der Waals surface area contributed by atoms with Crippen molar-refractivity contribution in [1.82, 2.24) is 0 Å². The van der Waals surface area contributed by atoms with Crippen LogP contribution in [0.2, 0.25) is 0 Å². The van der Waals surface area contributed by atoms with Crippen LogP contribution in [0.4, 0.5) is 22.7 Å². The van der Waals surface area contributed by atoms with Crippen molar-refractivity contribution in [3.63, 3.8) is 0 Å². The van der Waals surface area contributed by atoms with Crippen molar-refractivity contribution >= 4 is 22.7 Å². The second kappa shape index (κ2) is 13.7. The fourth-order valence-corrected chi connectivity index (χ4v) is 6.08. The Labute approximate surface area is 267 Å². The van der Waals surface area contributed by atoms with Gasteiger partial charge in [0.15, 0.2) is 0 Å². The van der Waals surface area contributed by atoms with Crippen LogP contribution in [0.25, 0.3) is 0 Å². The van der Waals surface area contributed by atoms with E-state index in [1.54, 1.807) is 0 Å². The third-order valence-corrected chi connectivity index (χ3v) is 8.67. The van der Waals surface area contributed by atoms with Crippen LogP contribution < -0.4 is 10.6 Å². The molecule has 2 aliphatic rings. The van der Waals surface area contributed by atoms with Gasteiger partial charge in [0.25, 0.3) is 0 Å². The summed E-state index contributed by atoms with van der Waals surface area (Å²) in [6.45, 7) is 9.66. The Morgan fingerprint density at radius 3 is 1.24 bits per heavy atom. The van der Waals surface area contributed by atoms with E-state index in [0.717, 1.165) is 22.7 Å². The standard InChI is InChI=1S/C42H40N2O/c1-3-41(37-19-11-13-21-39(37)43-35-15-7-5-8-16-35)27-23-33(24-28-41)31-45-32-34-25-29-42(4-2,30-26-34)38-20-12-14-22-40(38)44-36-17-9-6-10-18-36/h3-30,33-34,43-44H,1-2,31-32H2. The first-order chi connectivity index (χ1) is 22.1. The van der Waals surface area contributed by atoms with Gasteiger partial charge in [-0.15, -0.1) is 13.2 Å². The Morgan fingerprint density at radius 2 is 0.867 bits per heavy atom. The van der Waals surface area contributed by atoms with E-state index in [1.807, 2.05) is 48.6 Å². The summed E-state index contributed by atoms with van der Waals surface area (Å²) >= 11 is 0. The van der Waals surface area contributed by atoms with Crippen LogP contribution >= 0.6 is 0 Å². The third-order valence-electron chi connectivity index (χ3n) is 8.67. The van der Waals surface area contributed by atoms with Gasteiger partial charge in [0, 0.05) is 34.6 Å². The number of hydrogen-bond acceptors (Lipinski definition) is 3. The zero-order valence-corrected chi connectivity index (χ0v) is 25.6. The SMILES string of the molecule is C=CC1(c2ccccc2Nc2ccccc2)C=CC(COCC2C=CC(C=C)(c3ccccc3Nc3ccccc3)C=C2)C=C1. The van der Waals surface area contributed by atoms with Crippen molar-refractivity contribution in [3.8, 4) is 0 Å². The maximum Gasteiger partial charge on any atom is 0.0563 e. The van der Waals surface area contributed by atoms with Gasteiger partial charge in [0.05, 0.1) is 24.0 Å². The molecule has 0 unspecified atom stereocenters. The molecule has 0 radical (unpaired) electrons. The van der Waals surface area contributed by atoms with Gasteiger partial charge in [-0.2, -0.15) is 0 Å². The minimum atomic E-state index is -0.386. The van der Waals surface area contributed by atoms with Crippen molar-refractivity contribution in [2.45, 2.75) is 10.8 Å². The lowest BCUT2D eigenvalue weighted by atomic mass is 9.75. The molecule has 0 aliphatic heterocycles. The summed E-state index contributed by atoms with van der Waals surface area (Å²) in [6.07, 6.45) is 22.0. The molecule has 2 aliphatic carbocycles. The van der Waals surface area contributed by atoms with Crippen LogP contribution in [0.3, 0.4) is 0 Å². The smallest absolute Gasteiger partial charge is 0.0563 e. The number of ether oxygens (including phenoxy) is 1. The molecular weight excluding hydrogens is 548 g/mol. The summed E-state index contributed by atoms with van der Waals surface area (Å²) in [4.78, 5) is 0. The van der Waals surface area contributed by atoms with Crippen molar-refractivity contribution < 1.29 is 4.74 Å². The number of para-hydroxylation sites is 4. The Morgan fingerprint density at radius 1 is 0.511 bits per heavy atom. The second-order valence-corrected chi connectivity index (χ2v) is 11.6. The van der Waals surface area contributed by atoms with Crippen LogP contribution in [0.15, 0.2) is 183 Å². The average Bonchev–Trinajstić information content (AvgIpc) is 3.10. The van der Waals surface area contributed by atoms with Gasteiger partial charge in [-0.05, 0) is 47.5 Å². The van der Waals surface area contributed by atoms with Crippen LogP contribution in [-0.4, -0.2) is 13.2 Å². The van der Waals surface area contributed by atoms with E-state index in [4.69, 9.17) is 4.74 Å². The van der Waals surface area contributed by atoms with E-state index in [0.29, 0.717) is 13.2 Å². The Bertz CT molecular complexity index is 1570. The molecule has 0 bridgehead atoms. The minimum absolute atomic E-state index is 0.201. The number of benzene rings is 4. The van der Waals surface area contributed by atoms with E-state index >= 15 is 0 Å². The summed E-state index contributed by atoms with van der Waals surface area (Å²) in [5.41, 5.74) is 5.81. The molecule has 3 nitrogen and oxygen atoms in total. The number of nitrogens with one attached hydrogen (secondary N) is 2. The van der Waals surface area contributed by atoms with Crippen LogP contribution in [0.5, 0.6) is 0 Å². The quantitative estimate of drug-likeness (QED) is 0.162. The molecule has 0 fully saturated rings. The topological polar surface area (TPSA) is 33.3 Å². The molecule has 0 saturated carbocycles. The number of hydrogen-bond donors (Lipinski definition) is 2. The van der Waals surface area contributed by atoms with Gasteiger partial charge >= 0.3 is 0 Å². The van der Waals surface area contributed by atoms with Gasteiger partial charge in [-0.25, -0.2) is 0 Å². The monoisotopic (exact) mass is 588 g/mol. The van der Waals surface area contributed by atoms with Gasteiger partial charge in [0.2, 0.25) is 0 Å². The Hall–Kier alpha value is -5.12. The number of rotatable bonds is 12. The molecule has 0 saturated heterocycles. The molecule has 45 heavy (non-hydrogen) atoms. The molecular formula is C42H40N2O. The molecule has 4 aromatic rings. The van der Waals surface area contributed by atoms with E-state index in [2.05, 4.69) is 145 Å².